The van der Waals surface area contributed by atoms with Crippen molar-refractivity contribution in [2.75, 3.05) is 13.2 Å². The molecule has 0 heterocycles. The molecule has 0 aromatic carbocycles. The van der Waals surface area contributed by atoms with Crippen molar-refractivity contribution in [3.05, 3.63) is 0 Å². The van der Waals surface area contributed by atoms with Gasteiger partial charge in [0.25, 0.3) is 0 Å². The number of hydrogen-bond donors (Lipinski definition) is 5. The average molecular weight is 790 g/mol. The fraction of sp³-hybridized carbons (Fsp3) is 0.979. The fourth-order valence-corrected chi connectivity index (χ4v) is 17.8. The zero-order valence-electron chi connectivity index (χ0n) is 38.3. The van der Waals surface area contributed by atoms with Crippen LogP contribution in [-0.4, -0.2) is 71.3 Å². The topological polar surface area (TPSA) is 118 Å². The molecule has 0 amide bonds. The normalized spacial score (nSPS) is 52.8. The van der Waals surface area contributed by atoms with Gasteiger partial charge in [-0.3, -0.25) is 4.79 Å². The van der Waals surface area contributed by atoms with E-state index in [0.717, 1.165) is 64.2 Å². The van der Waals surface area contributed by atoms with E-state index in [1.807, 2.05) is 0 Å². The van der Waals surface area contributed by atoms with Gasteiger partial charge < -0.3 is 27.0 Å². The Hall–Kier alpha value is 0.535. The monoisotopic (exact) mass is 790 g/mol. The molecule has 21 atom stereocenters. The molecule has 8 aliphatic carbocycles. The number of rotatable bonds is 6. The zero-order chi connectivity index (χ0) is 39.1. The van der Waals surface area contributed by atoms with Gasteiger partial charge in [-0.2, -0.15) is 0 Å². The number of ketones is 1. The number of carbonyl (C=O) groups excluding carboxylic acids is 1. The number of carbonyl (C=O) groups is 1. The third-order valence-electron chi connectivity index (χ3n) is 20.6. The molecule has 315 valence electrons. The Balaban J connectivity index is 0.000000240. The van der Waals surface area contributed by atoms with Crippen molar-refractivity contribution < 1.29 is 61.3 Å². The quantitative estimate of drug-likeness (QED) is 0.230. The summed E-state index contributed by atoms with van der Waals surface area (Å²) in [5.41, 5.74) is 1.00. The second kappa shape index (κ2) is 17.7. The molecule has 8 rings (SSSR count). The van der Waals surface area contributed by atoms with Gasteiger partial charge in [-0.15, -0.1) is 0 Å². The van der Waals surface area contributed by atoms with E-state index in [2.05, 4.69) is 55.4 Å². The smallest absolute Gasteiger partial charge is 1.00 e. The third-order valence-corrected chi connectivity index (χ3v) is 20.6. The minimum Gasteiger partial charge on any atom is -1.00 e. The van der Waals surface area contributed by atoms with Crippen LogP contribution < -0.4 is 29.6 Å². The zero-order valence-corrected chi connectivity index (χ0v) is 39.3. The van der Waals surface area contributed by atoms with Crippen LogP contribution in [0.4, 0.5) is 0 Å². The number of fused-ring (bicyclic) bond motifs is 10. The second-order valence-electron chi connectivity index (χ2n) is 22.4. The van der Waals surface area contributed by atoms with Gasteiger partial charge in [0.15, 0.2) is 0 Å². The Morgan fingerprint density at radius 2 is 1.04 bits per heavy atom. The summed E-state index contributed by atoms with van der Waals surface area (Å²) in [5.74, 6) is 6.57. The maximum atomic E-state index is 13.8. The molecule has 56 heavy (non-hydrogen) atoms. The molecule has 8 saturated carbocycles. The Bertz CT molecular complexity index is 1360. The summed E-state index contributed by atoms with van der Waals surface area (Å²) in [4.78, 5) is 13.8. The van der Waals surface area contributed by atoms with E-state index < -0.39 is 0 Å². The Morgan fingerprint density at radius 3 is 1.55 bits per heavy atom. The predicted octanol–water partition coefficient (Wildman–Crippen LogP) is 5.43. The fourth-order valence-electron chi connectivity index (χ4n) is 17.8. The third kappa shape index (κ3) is 7.28. The standard InChI is InChI=1S/C24H42O3.C24H40O3.B.Na.H/c2*1-5-16-20-12-15(26)8-10-24(20,4)19-9-11-23(3)17(14(2)13-25)6-7-18(23)21(19)22(16)27;;;/h14-22,25-27H,5-13H2,1-4H3;14-21,25-26H,5-13H2,1-4H3;;;/q;;;+1;-1/t14-,15-,16-,17-,18?,19?,20+,21?,22-,23-,24-;14-,15-,16-,17-,18?,19?,20+,21?,23-,24-;;;/m11.../s1. The first-order valence-electron chi connectivity index (χ1n) is 23.3. The van der Waals surface area contributed by atoms with E-state index >= 15 is 0 Å². The van der Waals surface area contributed by atoms with Crippen molar-refractivity contribution in [3.63, 3.8) is 0 Å². The SMILES string of the molecule is CC[C@H]1C(=O)C2C3CC[C@H]([C@H](C)CO)[C@@]3(C)CCC2[C@@]2(C)CC[C@@H](O)C[C@@H]12.CC[C@H]1[C@@H](O)C2C3CC[C@H]([C@H](C)CO)[C@@]3(C)CCC2[C@@]2(C)CC[C@@H](O)C[C@@H]12.[B].[H-].[Na+]. The first kappa shape index (κ1) is 47.6. The van der Waals surface area contributed by atoms with Gasteiger partial charge in [0.2, 0.25) is 0 Å². The summed E-state index contributed by atoms with van der Waals surface area (Å²) < 4.78 is 0. The van der Waals surface area contributed by atoms with Crippen LogP contribution in [-0.2, 0) is 4.79 Å². The average Bonchev–Trinajstić information content (AvgIpc) is 3.69. The molecule has 0 aromatic rings. The van der Waals surface area contributed by atoms with Crippen LogP contribution >= 0.6 is 0 Å². The van der Waals surface area contributed by atoms with Crippen molar-refractivity contribution in [1.29, 1.82) is 0 Å². The van der Waals surface area contributed by atoms with Gasteiger partial charge in [-0.05, 0) is 189 Å². The molecule has 6 nitrogen and oxygen atoms in total. The summed E-state index contributed by atoms with van der Waals surface area (Å²) in [6.45, 7) is 19.3. The summed E-state index contributed by atoms with van der Waals surface area (Å²) in [7, 11) is 0. The van der Waals surface area contributed by atoms with E-state index in [0.29, 0.717) is 83.4 Å². The molecule has 0 spiro atoms. The first-order chi connectivity index (χ1) is 25.5. The van der Waals surface area contributed by atoms with E-state index in [1.165, 1.54) is 38.5 Å². The molecule has 5 N–H and O–H groups in total. The van der Waals surface area contributed by atoms with Gasteiger partial charge in [0.05, 0.1) is 18.3 Å². The van der Waals surface area contributed by atoms with Crippen molar-refractivity contribution in [2.24, 2.45) is 105 Å². The summed E-state index contributed by atoms with van der Waals surface area (Å²) in [5, 5.41) is 51.9. The summed E-state index contributed by atoms with van der Waals surface area (Å²) in [6.07, 6.45) is 16.8. The molecule has 0 saturated heterocycles. The van der Waals surface area contributed by atoms with Crippen LogP contribution in [0, 0.1) is 105 Å². The Labute approximate surface area is 367 Å². The second-order valence-corrected chi connectivity index (χ2v) is 22.4. The van der Waals surface area contributed by atoms with E-state index in [1.54, 1.807) is 0 Å². The van der Waals surface area contributed by atoms with Crippen molar-refractivity contribution >= 4 is 14.2 Å². The predicted molar refractivity (Wildman–Crippen MR) is 222 cm³/mol. The molecule has 8 heteroatoms. The minimum atomic E-state index is -0.212. The molecule has 3 radical (unpaired) electrons. The van der Waals surface area contributed by atoms with E-state index in [9.17, 15) is 30.3 Å². The van der Waals surface area contributed by atoms with Crippen LogP contribution in [0.15, 0.2) is 0 Å². The van der Waals surface area contributed by atoms with Crippen LogP contribution in [0.2, 0.25) is 0 Å². The van der Waals surface area contributed by atoms with E-state index in [-0.39, 0.29) is 97.8 Å². The van der Waals surface area contributed by atoms with Gasteiger partial charge in [-0.1, -0.05) is 61.8 Å². The Morgan fingerprint density at radius 1 is 0.607 bits per heavy atom. The number of aliphatic hydroxyl groups is 5. The number of Topliss-reactive ketones (excluding diaryl/α,β-unsaturated/α-hetero) is 1. The number of aliphatic hydroxyl groups excluding tert-OH is 5. The maximum absolute atomic E-state index is 13.8. The largest absolute Gasteiger partial charge is 1.00 e. The first-order valence-corrected chi connectivity index (χ1v) is 23.3. The van der Waals surface area contributed by atoms with E-state index in [4.69, 9.17) is 0 Å². The molecule has 8 fully saturated rings. The van der Waals surface area contributed by atoms with Crippen molar-refractivity contribution in [3.8, 4) is 0 Å². The summed E-state index contributed by atoms with van der Waals surface area (Å²) in [6, 6.07) is 0. The van der Waals surface area contributed by atoms with Crippen molar-refractivity contribution in [1.82, 2.24) is 0 Å². The molecular weight excluding hydrogens is 706 g/mol. The van der Waals surface area contributed by atoms with Gasteiger partial charge >= 0.3 is 29.6 Å². The van der Waals surface area contributed by atoms with Gasteiger partial charge in [0.1, 0.15) is 5.78 Å². The number of hydrogen-bond acceptors (Lipinski definition) is 6. The van der Waals surface area contributed by atoms with Gasteiger partial charge in [-0.25, -0.2) is 0 Å². The molecule has 0 aromatic heterocycles. The van der Waals surface area contributed by atoms with Crippen LogP contribution in [0.25, 0.3) is 0 Å². The van der Waals surface area contributed by atoms with Crippen molar-refractivity contribution in [2.45, 2.75) is 176 Å². The molecule has 8 aliphatic rings. The molecule has 0 bridgehead atoms. The maximum Gasteiger partial charge on any atom is 1.00 e. The summed E-state index contributed by atoms with van der Waals surface area (Å²) >= 11 is 0. The molecule has 6 unspecified atom stereocenters. The van der Waals surface area contributed by atoms with Gasteiger partial charge in [0, 0.05) is 33.5 Å². The molecule has 0 aliphatic heterocycles. The Kier molecular flexibility index (Phi) is 15.1. The van der Waals surface area contributed by atoms with Crippen LogP contribution in [0.5, 0.6) is 0 Å². The molecular formula is C48H83BNaO6. The minimum absolute atomic E-state index is 0. The van der Waals surface area contributed by atoms with Crippen LogP contribution in [0.1, 0.15) is 160 Å². The van der Waals surface area contributed by atoms with Crippen LogP contribution in [0.3, 0.4) is 0 Å².